The molecule has 2 N–H and O–H groups in total. The first-order chi connectivity index (χ1) is 8.04. The lowest BCUT2D eigenvalue weighted by molar-refractivity contribution is -0.384. The summed E-state index contributed by atoms with van der Waals surface area (Å²) in [4.78, 5) is 10.1. The van der Waals surface area contributed by atoms with Crippen molar-refractivity contribution in [1.82, 2.24) is 0 Å². The van der Waals surface area contributed by atoms with E-state index >= 15 is 0 Å². The van der Waals surface area contributed by atoms with Crippen LogP contribution in [0.1, 0.15) is 18.9 Å². The molecule has 0 heterocycles. The number of benzene rings is 1. The largest absolute Gasteiger partial charge is 0.330 e. The highest BCUT2D eigenvalue weighted by molar-refractivity contribution is 7.99. The van der Waals surface area contributed by atoms with Gasteiger partial charge in [-0.2, -0.15) is 11.8 Å². The number of thioether (sulfide) groups is 1. The summed E-state index contributed by atoms with van der Waals surface area (Å²) in [5.41, 5.74) is 6.42. The number of nitrogens with two attached hydrogens (primary N) is 1. The molecule has 1 aromatic rings. The zero-order chi connectivity index (χ0) is 12.8. The SMILES string of the molecule is CC(CCN)SCc1ccc([N+](=O)[O-])cc1Cl. The van der Waals surface area contributed by atoms with Gasteiger partial charge in [0.1, 0.15) is 0 Å². The van der Waals surface area contributed by atoms with E-state index < -0.39 is 4.92 Å². The third-order valence-electron chi connectivity index (χ3n) is 2.34. The predicted octanol–water partition coefficient (Wildman–Crippen LogP) is 3.22. The quantitative estimate of drug-likeness (QED) is 0.639. The minimum absolute atomic E-state index is 0.0266. The normalized spacial score (nSPS) is 12.4. The molecular formula is C11H15ClN2O2S. The highest BCUT2D eigenvalue weighted by Gasteiger charge is 2.10. The lowest BCUT2D eigenvalue weighted by Crippen LogP contribution is -2.07. The minimum Gasteiger partial charge on any atom is -0.330 e. The Hall–Kier alpha value is -0.780. The van der Waals surface area contributed by atoms with Crippen LogP contribution in [0.5, 0.6) is 0 Å². The van der Waals surface area contributed by atoms with Crippen LogP contribution in [0.3, 0.4) is 0 Å². The van der Waals surface area contributed by atoms with Gasteiger partial charge in [0.05, 0.1) is 9.95 Å². The van der Waals surface area contributed by atoms with E-state index in [-0.39, 0.29) is 5.69 Å². The van der Waals surface area contributed by atoms with Gasteiger partial charge in [-0.3, -0.25) is 10.1 Å². The van der Waals surface area contributed by atoms with Gasteiger partial charge in [0.2, 0.25) is 0 Å². The molecule has 0 spiro atoms. The monoisotopic (exact) mass is 274 g/mol. The molecule has 0 aliphatic heterocycles. The Bertz CT molecular complexity index is 401. The molecule has 0 aromatic heterocycles. The van der Waals surface area contributed by atoms with Gasteiger partial charge in [-0.25, -0.2) is 0 Å². The van der Waals surface area contributed by atoms with Crippen molar-refractivity contribution in [2.24, 2.45) is 5.73 Å². The third-order valence-corrected chi connectivity index (χ3v) is 3.98. The van der Waals surface area contributed by atoms with Crippen LogP contribution < -0.4 is 5.73 Å². The molecule has 1 rings (SSSR count). The van der Waals surface area contributed by atoms with Crippen molar-refractivity contribution in [2.75, 3.05) is 6.54 Å². The Morgan fingerprint density at radius 2 is 2.29 bits per heavy atom. The number of nitro groups is 1. The van der Waals surface area contributed by atoms with Crippen molar-refractivity contribution < 1.29 is 4.92 Å². The van der Waals surface area contributed by atoms with E-state index in [2.05, 4.69) is 6.92 Å². The number of non-ortho nitro benzene ring substituents is 1. The zero-order valence-electron chi connectivity index (χ0n) is 9.56. The number of hydrogen-bond donors (Lipinski definition) is 1. The summed E-state index contributed by atoms with van der Waals surface area (Å²) in [7, 11) is 0. The first-order valence-corrected chi connectivity index (χ1v) is 6.71. The lowest BCUT2D eigenvalue weighted by atomic mass is 10.2. The Balaban J connectivity index is 2.63. The van der Waals surface area contributed by atoms with Crippen LogP contribution in [0.15, 0.2) is 18.2 Å². The molecule has 0 radical (unpaired) electrons. The summed E-state index contributed by atoms with van der Waals surface area (Å²) in [6.07, 6.45) is 0.954. The Labute approximate surface area is 110 Å². The van der Waals surface area contributed by atoms with Crippen LogP contribution in [0.2, 0.25) is 5.02 Å². The van der Waals surface area contributed by atoms with Crippen molar-refractivity contribution in [2.45, 2.75) is 24.3 Å². The van der Waals surface area contributed by atoms with Crippen molar-refractivity contribution >= 4 is 29.1 Å². The lowest BCUT2D eigenvalue weighted by Gasteiger charge is -2.10. The molecule has 0 aliphatic rings. The van der Waals surface area contributed by atoms with Crippen molar-refractivity contribution in [1.29, 1.82) is 0 Å². The molecule has 1 aromatic carbocycles. The van der Waals surface area contributed by atoms with Gasteiger partial charge in [0, 0.05) is 23.1 Å². The smallest absolute Gasteiger partial charge is 0.270 e. The summed E-state index contributed by atoms with van der Waals surface area (Å²) in [6, 6.07) is 4.59. The number of nitrogens with zero attached hydrogens (tertiary/aromatic N) is 1. The van der Waals surface area contributed by atoms with Gasteiger partial charge >= 0.3 is 0 Å². The number of rotatable bonds is 6. The van der Waals surface area contributed by atoms with Gasteiger partial charge in [-0.1, -0.05) is 18.5 Å². The fourth-order valence-electron chi connectivity index (χ4n) is 1.32. The van der Waals surface area contributed by atoms with E-state index in [1.165, 1.54) is 12.1 Å². The van der Waals surface area contributed by atoms with Crippen LogP contribution in [-0.4, -0.2) is 16.7 Å². The molecule has 0 aliphatic carbocycles. The van der Waals surface area contributed by atoms with E-state index in [0.29, 0.717) is 16.8 Å². The fraction of sp³-hybridized carbons (Fsp3) is 0.455. The summed E-state index contributed by atoms with van der Waals surface area (Å²) in [5, 5.41) is 11.5. The summed E-state index contributed by atoms with van der Waals surface area (Å²) < 4.78 is 0. The minimum atomic E-state index is -0.445. The second-order valence-electron chi connectivity index (χ2n) is 3.73. The highest BCUT2D eigenvalue weighted by Crippen LogP contribution is 2.27. The van der Waals surface area contributed by atoms with E-state index in [4.69, 9.17) is 17.3 Å². The fourth-order valence-corrected chi connectivity index (χ4v) is 2.66. The average molecular weight is 275 g/mol. The van der Waals surface area contributed by atoms with Gasteiger partial charge in [0.15, 0.2) is 0 Å². The maximum Gasteiger partial charge on any atom is 0.270 e. The molecular weight excluding hydrogens is 260 g/mol. The van der Waals surface area contributed by atoms with E-state index in [1.807, 2.05) is 0 Å². The molecule has 0 amide bonds. The molecule has 4 nitrogen and oxygen atoms in total. The van der Waals surface area contributed by atoms with Gasteiger partial charge in [-0.15, -0.1) is 0 Å². The first-order valence-electron chi connectivity index (χ1n) is 5.29. The Morgan fingerprint density at radius 3 is 2.82 bits per heavy atom. The van der Waals surface area contributed by atoms with E-state index in [0.717, 1.165) is 17.7 Å². The molecule has 94 valence electrons. The summed E-state index contributed by atoms with van der Waals surface area (Å²) in [6.45, 7) is 2.78. The number of nitro benzene ring substituents is 1. The van der Waals surface area contributed by atoms with Crippen LogP contribution >= 0.6 is 23.4 Å². The molecule has 0 bridgehead atoms. The zero-order valence-corrected chi connectivity index (χ0v) is 11.1. The van der Waals surface area contributed by atoms with Crippen molar-refractivity contribution in [3.63, 3.8) is 0 Å². The third kappa shape index (κ3) is 4.53. The molecule has 0 saturated carbocycles. The number of hydrogen-bond acceptors (Lipinski definition) is 4. The first kappa shape index (κ1) is 14.3. The predicted molar refractivity (Wildman–Crippen MR) is 72.5 cm³/mol. The van der Waals surface area contributed by atoms with Gasteiger partial charge < -0.3 is 5.73 Å². The molecule has 0 saturated heterocycles. The maximum atomic E-state index is 10.5. The van der Waals surface area contributed by atoms with E-state index in [1.54, 1.807) is 17.8 Å². The second-order valence-corrected chi connectivity index (χ2v) is 5.57. The molecule has 0 fully saturated rings. The van der Waals surface area contributed by atoms with Crippen molar-refractivity contribution in [3.05, 3.63) is 38.9 Å². The van der Waals surface area contributed by atoms with Gasteiger partial charge in [0.25, 0.3) is 5.69 Å². The molecule has 17 heavy (non-hydrogen) atoms. The van der Waals surface area contributed by atoms with Gasteiger partial charge in [-0.05, 0) is 24.6 Å². The average Bonchev–Trinajstić information content (AvgIpc) is 2.27. The summed E-state index contributed by atoms with van der Waals surface area (Å²) in [5.74, 6) is 0.748. The van der Waals surface area contributed by atoms with Crippen LogP contribution in [0.25, 0.3) is 0 Å². The Morgan fingerprint density at radius 1 is 1.59 bits per heavy atom. The maximum absolute atomic E-state index is 10.5. The molecule has 1 unspecified atom stereocenters. The number of halogens is 1. The summed E-state index contributed by atoms with van der Waals surface area (Å²) >= 11 is 7.74. The standard InChI is InChI=1S/C11H15ClN2O2S/c1-8(4-5-13)17-7-9-2-3-10(14(15)16)6-11(9)12/h2-3,6,8H,4-5,7,13H2,1H3. The van der Waals surface area contributed by atoms with E-state index in [9.17, 15) is 10.1 Å². The second kappa shape index (κ2) is 6.83. The topological polar surface area (TPSA) is 69.2 Å². The Kier molecular flexibility index (Phi) is 5.74. The van der Waals surface area contributed by atoms with Crippen LogP contribution in [0, 0.1) is 10.1 Å². The highest BCUT2D eigenvalue weighted by atomic mass is 35.5. The molecule has 6 heteroatoms. The van der Waals surface area contributed by atoms with Crippen LogP contribution in [0.4, 0.5) is 5.69 Å². The van der Waals surface area contributed by atoms with Crippen LogP contribution in [-0.2, 0) is 5.75 Å². The molecule has 1 atom stereocenters. The van der Waals surface area contributed by atoms with Crippen molar-refractivity contribution in [3.8, 4) is 0 Å².